The topological polar surface area (TPSA) is 46.2 Å². The maximum absolute atomic E-state index is 9.43. The Labute approximate surface area is 110 Å². The largest absolute Gasteiger partial charge is 0.396 e. The maximum Gasteiger partial charge on any atom is 0.0440 e. The lowest BCUT2D eigenvalue weighted by atomic mass is 9.58. The molecule has 2 atom stereocenters. The molecule has 0 amide bonds. The Morgan fingerprint density at radius 3 is 2.39 bits per heavy atom. The second-order valence-corrected chi connectivity index (χ2v) is 6.35. The molecular weight excluding hydrogens is 222 g/mol. The molecule has 2 nitrogen and oxygen atoms in total. The average Bonchev–Trinajstić information content (AvgIpc) is 2.33. The lowest BCUT2D eigenvalue weighted by molar-refractivity contribution is 0.183. The Morgan fingerprint density at radius 2 is 1.83 bits per heavy atom. The first-order chi connectivity index (χ1) is 8.44. The highest BCUT2D eigenvalue weighted by atomic mass is 16.3. The monoisotopic (exact) mass is 247 g/mol. The highest BCUT2D eigenvalue weighted by molar-refractivity contribution is 5.43. The lowest BCUT2D eigenvalue weighted by Gasteiger charge is -2.47. The van der Waals surface area contributed by atoms with E-state index in [1.54, 1.807) is 0 Å². The van der Waals surface area contributed by atoms with Crippen LogP contribution in [-0.4, -0.2) is 17.8 Å². The zero-order valence-corrected chi connectivity index (χ0v) is 11.7. The minimum absolute atomic E-state index is 0.0547. The first kappa shape index (κ1) is 13.6. The van der Waals surface area contributed by atoms with Crippen molar-refractivity contribution in [1.29, 1.82) is 0 Å². The summed E-state index contributed by atoms with van der Waals surface area (Å²) in [5.41, 5.74) is 9.20. The Kier molecular flexibility index (Phi) is 3.52. The molecule has 18 heavy (non-hydrogen) atoms. The van der Waals surface area contributed by atoms with Gasteiger partial charge in [0, 0.05) is 18.1 Å². The summed E-state index contributed by atoms with van der Waals surface area (Å²) in [5, 5.41) is 9.43. The predicted molar refractivity (Wildman–Crippen MR) is 75.7 cm³/mol. The highest BCUT2D eigenvalue weighted by Gasteiger charge is 2.44. The molecule has 2 rings (SSSR count). The third-order valence-corrected chi connectivity index (χ3v) is 4.82. The van der Waals surface area contributed by atoms with Gasteiger partial charge in [0.15, 0.2) is 0 Å². The number of benzene rings is 1. The van der Waals surface area contributed by atoms with Crippen LogP contribution in [0.2, 0.25) is 0 Å². The summed E-state index contributed by atoms with van der Waals surface area (Å²) in [6, 6.07) is 8.70. The van der Waals surface area contributed by atoms with E-state index in [1.807, 2.05) is 0 Å². The molecule has 1 aromatic carbocycles. The van der Waals surface area contributed by atoms with Crippen molar-refractivity contribution in [3.05, 3.63) is 35.4 Å². The number of aliphatic hydroxyl groups is 1. The Balaban J connectivity index is 2.59. The molecule has 2 heteroatoms. The number of nitrogens with two attached hydrogens (primary N) is 1. The van der Waals surface area contributed by atoms with Gasteiger partial charge in [0.1, 0.15) is 0 Å². The standard InChI is InChI=1S/C16H25NO/c1-12(17)16(10-11-18)9-8-15(2,3)13-6-4-5-7-14(13)16/h4-7,12,18H,8-11,17H2,1-3H3. The fraction of sp³-hybridized carbons (Fsp3) is 0.625. The van der Waals surface area contributed by atoms with Crippen LogP contribution in [0.25, 0.3) is 0 Å². The summed E-state index contributed by atoms with van der Waals surface area (Å²) in [7, 11) is 0. The van der Waals surface area contributed by atoms with Gasteiger partial charge in [0.05, 0.1) is 0 Å². The van der Waals surface area contributed by atoms with Crippen LogP contribution in [0.1, 0.15) is 51.2 Å². The molecule has 100 valence electrons. The van der Waals surface area contributed by atoms with E-state index in [4.69, 9.17) is 5.73 Å². The van der Waals surface area contributed by atoms with Gasteiger partial charge in [-0.05, 0) is 42.7 Å². The maximum atomic E-state index is 9.43. The molecule has 0 bridgehead atoms. The van der Waals surface area contributed by atoms with Gasteiger partial charge in [-0.25, -0.2) is 0 Å². The fourth-order valence-electron chi connectivity index (χ4n) is 3.47. The van der Waals surface area contributed by atoms with Crippen molar-refractivity contribution in [3.63, 3.8) is 0 Å². The minimum atomic E-state index is -0.0547. The second-order valence-electron chi connectivity index (χ2n) is 6.35. The van der Waals surface area contributed by atoms with Gasteiger partial charge in [0.2, 0.25) is 0 Å². The van der Waals surface area contributed by atoms with Crippen molar-refractivity contribution in [2.45, 2.75) is 56.9 Å². The minimum Gasteiger partial charge on any atom is -0.396 e. The van der Waals surface area contributed by atoms with Gasteiger partial charge < -0.3 is 10.8 Å². The average molecular weight is 247 g/mol. The summed E-state index contributed by atoms with van der Waals surface area (Å²) in [6.45, 7) is 6.88. The van der Waals surface area contributed by atoms with Crippen LogP contribution in [0.4, 0.5) is 0 Å². The smallest absolute Gasteiger partial charge is 0.0440 e. The van der Waals surface area contributed by atoms with Crippen molar-refractivity contribution in [1.82, 2.24) is 0 Å². The van der Waals surface area contributed by atoms with E-state index in [1.165, 1.54) is 11.1 Å². The van der Waals surface area contributed by atoms with Gasteiger partial charge in [-0.3, -0.25) is 0 Å². The Bertz CT molecular complexity index is 425. The summed E-state index contributed by atoms with van der Waals surface area (Å²) in [6.07, 6.45) is 2.96. The molecular formula is C16H25NO. The molecule has 0 spiro atoms. The number of hydrogen-bond acceptors (Lipinski definition) is 2. The Morgan fingerprint density at radius 1 is 1.22 bits per heavy atom. The van der Waals surface area contributed by atoms with Gasteiger partial charge >= 0.3 is 0 Å². The molecule has 1 aliphatic carbocycles. The van der Waals surface area contributed by atoms with Crippen LogP contribution >= 0.6 is 0 Å². The van der Waals surface area contributed by atoms with Crippen molar-refractivity contribution >= 4 is 0 Å². The zero-order valence-electron chi connectivity index (χ0n) is 11.7. The third kappa shape index (κ3) is 1.98. The molecule has 0 saturated carbocycles. The summed E-state index contributed by atoms with van der Waals surface area (Å²) >= 11 is 0. The number of rotatable bonds is 3. The molecule has 0 aromatic heterocycles. The van der Waals surface area contributed by atoms with E-state index in [-0.39, 0.29) is 23.5 Å². The van der Waals surface area contributed by atoms with Crippen LogP contribution in [-0.2, 0) is 10.8 Å². The summed E-state index contributed by atoms with van der Waals surface area (Å²) in [4.78, 5) is 0. The molecule has 0 aliphatic heterocycles. The molecule has 1 aliphatic rings. The van der Waals surface area contributed by atoms with E-state index < -0.39 is 0 Å². The SMILES string of the molecule is CC(N)C1(CCO)CCC(C)(C)c2ccccc21. The number of fused-ring (bicyclic) bond motifs is 1. The van der Waals surface area contributed by atoms with Crippen LogP contribution < -0.4 is 5.73 Å². The zero-order chi connectivity index (χ0) is 13.4. The van der Waals surface area contributed by atoms with E-state index in [2.05, 4.69) is 45.0 Å². The van der Waals surface area contributed by atoms with Gasteiger partial charge in [-0.1, -0.05) is 38.1 Å². The van der Waals surface area contributed by atoms with Crippen LogP contribution in [0.15, 0.2) is 24.3 Å². The molecule has 2 unspecified atom stereocenters. The van der Waals surface area contributed by atoms with E-state index >= 15 is 0 Å². The molecule has 0 fully saturated rings. The lowest BCUT2D eigenvalue weighted by Crippen LogP contribution is -2.49. The van der Waals surface area contributed by atoms with E-state index in [0.717, 1.165) is 19.3 Å². The highest BCUT2D eigenvalue weighted by Crippen LogP contribution is 2.48. The van der Waals surface area contributed by atoms with E-state index in [9.17, 15) is 5.11 Å². The van der Waals surface area contributed by atoms with Crippen LogP contribution in [0.5, 0.6) is 0 Å². The first-order valence-electron chi connectivity index (χ1n) is 6.90. The van der Waals surface area contributed by atoms with Crippen LogP contribution in [0.3, 0.4) is 0 Å². The fourth-order valence-corrected chi connectivity index (χ4v) is 3.47. The van der Waals surface area contributed by atoms with Crippen molar-refractivity contribution < 1.29 is 5.11 Å². The van der Waals surface area contributed by atoms with Crippen molar-refractivity contribution in [3.8, 4) is 0 Å². The molecule has 0 heterocycles. The predicted octanol–water partition coefficient (Wildman–Crippen LogP) is 2.73. The number of aliphatic hydroxyl groups excluding tert-OH is 1. The van der Waals surface area contributed by atoms with Gasteiger partial charge in [-0.15, -0.1) is 0 Å². The van der Waals surface area contributed by atoms with Gasteiger partial charge in [0.25, 0.3) is 0 Å². The first-order valence-corrected chi connectivity index (χ1v) is 6.90. The third-order valence-electron chi connectivity index (χ3n) is 4.82. The quantitative estimate of drug-likeness (QED) is 0.862. The molecule has 3 N–H and O–H groups in total. The van der Waals surface area contributed by atoms with Crippen molar-refractivity contribution in [2.75, 3.05) is 6.61 Å². The molecule has 0 saturated heterocycles. The number of hydrogen-bond donors (Lipinski definition) is 2. The normalized spacial score (nSPS) is 27.6. The summed E-state index contributed by atoms with van der Waals surface area (Å²) < 4.78 is 0. The van der Waals surface area contributed by atoms with Crippen molar-refractivity contribution in [2.24, 2.45) is 5.73 Å². The summed E-state index contributed by atoms with van der Waals surface area (Å²) in [5.74, 6) is 0. The molecule has 0 radical (unpaired) electrons. The Hall–Kier alpha value is -0.860. The van der Waals surface area contributed by atoms with E-state index in [0.29, 0.717) is 0 Å². The van der Waals surface area contributed by atoms with Gasteiger partial charge in [-0.2, -0.15) is 0 Å². The second kappa shape index (κ2) is 4.67. The van der Waals surface area contributed by atoms with Crippen LogP contribution in [0, 0.1) is 0 Å². The molecule has 1 aromatic rings.